The van der Waals surface area contributed by atoms with Gasteiger partial charge < -0.3 is 9.47 Å². The molecule has 1 N–H and O–H groups in total. The van der Waals surface area contributed by atoms with E-state index in [1.807, 2.05) is 24.3 Å². The highest BCUT2D eigenvalue weighted by Gasteiger charge is 2.20. The van der Waals surface area contributed by atoms with Gasteiger partial charge in [0.25, 0.3) is 0 Å². The molecule has 0 unspecified atom stereocenters. The Hall–Kier alpha value is -1.57. The summed E-state index contributed by atoms with van der Waals surface area (Å²) in [4.78, 5) is 0.0875. The first-order chi connectivity index (χ1) is 12.1. The van der Waals surface area contributed by atoms with E-state index in [9.17, 15) is 8.42 Å². The number of rotatable bonds is 7. The van der Waals surface area contributed by atoms with Crippen LogP contribution in [0.1, 0.15) is 26.3 Å². The fraction of sp³-hybridized carbons (Fsp3) is 0.368. The second-order valence-electron chi connectivity index (χ2n) is 6.79. The lowest BCUT2D eigenvalue weighted by Crippen LogP contribution is -2.29. The van der Waals surface area contributed by atoms with Gasteiger partial charge in [-0.2, -0.15) is 0 Å². The van der Waals surface area contributed by atoms with E-state index in [-0.39, 0.29) is 23.5 Å². The van der Waals surface area contributed by atoms with Crippen LogP contribution in [-0.4, -0.2) is 28.7 Å². The molecule has 0 saturated carbocycles. The van der Waals surface area contributed by atoms with Crippen molar-refractivity contribution < 1.29 is 17.9 Å². The highest BCUT2D eigenvalue weighted by molar-refractivity contribution is 9.10. The van der Waals surface area contributed by atoms with Gasteiger partial charge in [0.05, 0.1) is 7.11 Å². The van der Waals surface area contributed by atoms with E-state index < -0.39 is 10.0 Å². The van der Waals surface area contributed by atoms with Crippen molar-refractivity contribution in [2.24, 2.45) is 0 Å². The Bertz CT molecular complexity index is 860. The zero-order valence-electron chi connectivity index (χ0n) is 15.4. The van der Waals surface area contributed by atoms with E-state index in [2.05, 4.69) is 41.4 Å². The molecule has 2 aromatic carbocycles. The van der Waals surface area contributed by atoms with Gasteiger partial charge in [0.1, 0.15) is 23.0 Å². The second-order valence-corrected chi connectivity index (χ2v) is 9.44. The summed E-state index contributed by atoms with van der Waals surface area (Å²) >= 11 is 3.28. The number of methoxy groups -OCH3 is 1. The molecule has 7 heteroatoms. The molecule has 0 amide bonds. The third-order valence-electron chi connectivity index (χ3n) is 3.76. The molecule has 0 aliphatic carbocycles. The van der Waals surface area contributed by atoms with Gasteiger partial charge in [0, 0.05) is 11.0 Å². The molecule has 2 rings (SSSR count). The molecule has 0 aliphatic heterocycles. The predicted octanol–water partition coefficient (Wildman–Crippen LogP) is 4.11. The standard InChI is InChI=1S/C19H24BrNO4S/c1-19(2,3)15-7-5-6-8-16(15)25-12-11-21-26(22,23)18-13-14(20)9-10-17(18)24-4/h5-10,13,21H,11-12H2,1-4H3. The minimum Gasteiger partial charge on any atom is -0.495 e. The second kappa shape index (κ2) is 8.41. The van der Waals surface area contributed by atoms with Gasteiger partial charge in [-0.25, -0.2) is 13.1 Å². The van der Waals surface area contributed by atoms with Crippen molar-refractivity contribution in [1.29, 1.82) is 0 Å². The average molecular weight is 442 g/mol. The molecule has 26 heavy (non-hydrogen) atoms. The molecule has 0 aliphatic rings. The van der Waals surface area contributed by atoms with Gasteiger partial charge in [-0.05, 0) is 35.2 Å². The van der Waals surface area contributed by atoms with Gasteiger partial charge in [-0.3, -0.25) is 0 Å². The summed E-state index contributed by atoms with van der Waals surface area (Å²) < 4.78 is 39.2. The number of nitrogens with one attached hydrogen (secondary N) is 1. The van der Waals surface area contributed by atoms with Crippen molar-refractivity contribution in [2.75, 3.05) is 20.3 Å². The van der Waals surface area contributed by atoms with Crippen LogP contribution in [-0.2, 0) is 15.4 Å². The van der Waals surface area contributed by atoms with Crippen LogP contribution in [0.25, 0.3) is 0 Å². The number of para-hydroxylation sites is 1. The maximum Gasteiger partial charge on any atom is 0.244 e. The monoisotopic (exact) mass is 441 g/mol. The van der Waals surface area contributed by atoms with Crippen molar-refractivity contribution >= 4 is 26.0 Å². The molecular formula is C19H24BrNO4S. The summed E-state index contributed by atoms with van der Waals surface area (Å²) in [6.45, 7) is 6.70. The van der Waals surface area contributed by atoms with Crippen molar-refractivity contribution in [3.05, 3.63) is 52.5 Å². The Labute approximate surface area is 163 Å². The quantitative estimate of drug-likeness (QED) is 0.656. The van der Waals surface area contributed by atoms with E-state index in [1.54, 1.807) is 12.1 Å². The van der Waals surface area contributed by atoms with Crippen LogP contribution in [0.5, 0.6) is 11.5 Å². The maximum atomic E-state index is 12.5. The fourth-order valence-corrected chi connectivity index (χ4v) is 4.21. The first-order valence-corrected chi connectivity index (χ1v) is 10.5. The molecule has 0 spiro atoms. The lowest BCUT2D eigenvalue weighted by Gasteiger charge is -2.22. The molecule has 0 saturated heterocycles. The van der Waals surface area contributed by atoms with E-state index in [0.717, 1.165) is 11.3 Å². The van der Waals surface area contributed by atoms with Crippen LogP contribution in [0.4, 0.5) is 0 Å². The first kappa shape index (κ1) is 20.7. The molecule has 0 aromatic heterocycles. The Morgan fingerprint density at radius 2 is 1.77 bits per heavy atom. The van der Waals surface area contributed by atoms with Crippen LogP contribution in [0, 0.1) is 0 Å². The van der Waals surface area contributed by atoms with Crippen molar-refractivity contribution in [3.63, 3.8) is 0 Å². The summed E-state index contributed by atoms with van der Waals surface area (Å²) in [5.74, 6) is 1.05. The smallest absolute Gasteiger partial charge is 0.244 e. The van der Waals surface area contributed by atoms with E-state index in [0.29, 0.717) is 10.2 Å². The van der Waals surface area contributed by atoms with Gasteiger partial charge in [-0.1, -0.05) is 54.9 Å². The highest BCUT2D eigenvalue weighted by atomic mass is 79.9. The molecule has 0 atom stereocenters. The van der Waals surface area contributed by atoms with Crippen LogP contribution < -0.4 is 14.2 Å². The van der Waals surface area contributed by atoms with E-state index in [1.165, 1.54) is 13.2 Å². The van der Waals surface area contributed by atoms with Gasteiger partial charge >= 0.3 is 0 Å². The van der Waals surface area contributed by atoms with Gasteiger partial charge in [0.15, 0.2) is 0 Å². The highest BCUT2D eigenvalue weighted by Crippen LogP contribution is 2.31. The fourth-order valence-electron chi connectivity index (χ4n) is 2.49. The molecule has 2 aromatic rings. The molecule has 142 valence electrons. The summed E-state index contributed by atoms with van der Waals surface area (Å²) in [7, 11) is -2.26. The molecule has 0 bridgehead atoms. The predicted molar refractivity (Wildman–Crippen MR) is 107 cm³/mol. The molecule has 0 fully saturated rings. The topological polar surface area (TPSA) is 64.6 Å². The summed E-state index contributed by atoms with van der Waals surface area (Å²) in [6.07, 6.45) is 0. The third-order valence-corrected chi connectivity index (χ3v) is 5.74. The summed E-state index contributed by atoms with van der Waals surface area (Å²) in [5.41, 5.74) is 1.02. The molecule has 0 radical (unpaired) electrons. The Morgan fingerprint density at radius 3 is 2.42 bits per heavy atom. The maximum absolute atomic E-state index is 12.5. The first-order valence-electron chi connectivity index (χ1n) is 8.20. The van der Waals surface area contributed by atoms with Crippen molar-refractivity contribution in [3.8, 4) is 11.5 Å². The number of halogens is 1. The molecular weight excluding hydrogens is 418 g/mol. The minimum atomic E-state index is -3.70. The normalized spacial score (nSPS) is 12.0. The lowest BCUT2D eigenvalue weighted by atomic mass is 9.86. The van der Waals surface area contributed by atoms with Crippen LogP contribution >= 0.6 is 15.9 Å². The van der Waals surface area contributed by atoms with E-state index in [4.69, 9.17) is 9.47 Å². The number of hydrogen-bond acceptors (Lipinski definition) is 4. The Morgan fingerprint density at radius 1 is 1.08 bits per heavy atom. The Kier molecular flexibility index (Phi) is 6.71. The zero-order chi connectivity index (χ0) is 19.4. The van der Waals surface area contributed by atoms with Gasteiger partial charge in [0.2, 0.25) is 10.0 Å². The van der Waals surface area contributed by atoms with Crippen LogP contribution in [0.15, 0.2) is 51.8 Å². The number of ether oxygens (including phenoxy) is 2. The zero-order valence-corrected chi connectivity index (χ0v) is 17.8. The number of benzene rings is 2. The summed E-state index contributed by atoms with van der Waals surface area (Å²) in [5, 5.41) is 0. The van der Waals surface area contributed by atoms with E-state index >= 15 is 0 Å². The van der Waals surface area contributed by atoms with Crippen molar-refractivity contribution in [2.45, 2.75) is 31.1 Å². The largest absolute Gasteiger partial charge is 0.495 e. The number of hydrogen-bond donors (Lipinski definition) is 1. The molecule has 5 nitrogen and oxygen atoms in total. The van der Waals surface area contributed by atoms with Gasteiger partial charge in [-0.15, -0.1) is 0 Å². The van der Waals surface area contributed by atoms with Crippen molar-refractivity contribution in [1.82, 2.24) is 4.72 Å². The lowest BCUT2D eigenvalue weighted by molar-refractivity contribution is 0.313. The summed E-state index contributed by atoms with van der Waals surface area (Å²) in [6, 6.07) is 12.6. The van der Waals surface area contributed by atoms with Crippen LogP contribution in [0.2, 0.25) is 0 Å². The average Bonchev–Trinajstić information content (AvgIpc) is 2.58. The minimum absolute atomic E-state index is 0.0558. The van der Waals surface area contributed by atoms with Crippen LogP contribution in [0.3, 0.4) is 0 Å². The Balaban J connectivity index is 2.04. The SMILES string of the molecule is COc1ccc(Br)cc1S(=O)(=O)NCCOc1ccccc1C(C)(C)C. The molecule has 0 heterocycles. The third kappa shape index (κ3) is 5.22. The number of sulfonamides is 1.